The summed E-state index contributed by atoms with van der Waals surface area (Å²) >= 11 is 0. The van der Waals surface area contributed by atoms with Gasteiger partial charge in [0.05, 0.1) is 6.04 Å². The number of hydrogen-bond donors (Lipinski definition) is 1. The molecule has 1 aliphatic heterocycles. The third-order valence-corrected chi connectivity index (χ3v) is 2.23. The minimum absolute atomic E-state index is 0.109. The highest BCUT2D eigenvalue weighted by Gasteiger charge is 2.30. The Hall–Kier alpha value is -1.21. The molecule has 4 nitrogen and oxygen atoms in total. The summed E-state index contributed by atoms with van der Waals surface area (Å²) in [7, 11) is 0. The molecule has 0 spiro atoms. The van der Waals surface area contributed by atoms with Crippen LogP contribution < -0.4 is 0 Å². The van der Waals surface area contributed by atoms with E-state index >= 15 is 0 Å². The van der Waals surface area contributed by atoms with Gasteiger partial charge in [0, 0.05) is 6.54 Å². The van der Waals surface area contributed by atoms with Crippen molar-refractivity contribution in [1.82, 2.24) is 4.90 Å². The number of amides is 1. The predicted octanol–water partition coefficient (Wildman–Crippen LogP) is 1.38. The second-order valence-electron chi connectivity index (χ2n) is 4.81. The molecular formula is C12H19NO3. The number of aliphatic hydroxyl groups excluding tert-OH is 1. The van der Waals surface area contributed by atoms with E-state index in [1.807, 2.05) is 20.8 Å². The summed E-state index contributed by atoms with van der Waals surface area (Å²) in [5.74, 6) is 5.47. The molecule has 1 fully saturated rings. The maximum absolute atomic E-state index is 11.8. The van der Waals surface area contributed by atoms with Crippen LogP contribution in [-0.2, 0) is 4.74 Å². The number of nitrogens with zero attached hydrogens (tertiary/aromatic N) is 1. The molecule has 0 aliphatic carbocycles. The monoisotopic (exact) mass is 225 g/mol. The smallest absolute Gasteiger partial charge is 0.411 e. The van der Waals surface area contributed by atoms with Crippen LogP contribution in [0.4, 0.5) is 4.79 Å². The molecule has 1 heterocycles. The second kappa shape index (κ2) is 5.22. The van der Waals surface area contributed by atoms with Gasteiger partial charge in [0.25, 0.3) is 0 Å². The maximum atomic E-state index is 11.8. The first-order valence-corrected chi connectivity index (χ1v) is 5.53. The van der Waals surface area contributed by atoms with Gasteiger partial charge in [-0.3, -0.25) is 4.90 Å². The van der Waals surface area contributed by atoms with Gasteiger partial charge in [-0.25, -0.2) is 4.79 Å². The van der Waals surface area contributed by atoms with E-state index in [1.54, 1.807) is 4.90 Å². The lowest BCUT2D eigenvalue weighted by atomic mass is 10.2. The van der Waals surface area contributed by atoms with Crippen molar-refractivity contribution in [3.8, 4) is 11.8 Å². The quantitative estimate of drug-likeness (QED) is 0.634. The van der Waals surface area contributed by atoms with E-state index in [4.69, 9.17) is 9.84 Å². The van der Waals surface area contributed by atoms with Crippen LogP contribution in [0.25, 0.3) is 0 Å². The van der Waals surface area contributed by atoms with E-state index in [1.165, 1.54) is 0 Å². The second-order valence-corrected chi connectivity index (χ2v) is 4.81. The lowest BCUT2D eigenvalue weighted by Crippen LogP contribution is -2.39. The number of aliphatic hydroxyl groups is 1. The van der Waals surface area contributed by atoms with Gasteiger partial charge in [0.1, 0.15) is 12.2 Å². The number of likely N-dealkylation sites (tertiary alicyclic amines) is 1. The summed E-state index contributed by atoms with van der Waals surface area (Å²) in [5.41, 5.74) is -0.478. The molecule has 1 atom stereocenters. The Morgan fingerprint density at radius 2 is 2.25 bits per heavy atom. The van der Waals surface area contributed by atoms with Crippen molar-refractivity contribution >= 4 is 6.09 Å². The minimum atomic E-state index is -0.478. The number of ether oxygens (including phenoxy) is 1. The van der Waals surface area contributed by atoms with E-state index in [-0.39, 0.29) is 18.7 Å². The van der Waals surface area contributed by atoms with E-state index < -0.39 is 5.60 Å². The van der Waals surface area contributed by atoms with Crippen molar-refractivity contribution in [2.24, 2.45) is 0 Å². The fourth-order valence-electron chi connectivity index (χ4n) is 1.62. The first-order valence-electron chi connectivity index (χ1n) is 5.53. The third-order valence-electron chi connectivity index (χ3n) is 2.23. The Labute approximate surface area is 96.6 Å². The van der Waals surface area contributed by atoms with Crippen LogP contribution in [0, 0.1) is 11.8 Å². The minimum Gasteiger partial charge on any atom is -0.444 e. The van der Waals surface area contributed by atoms with Crippen LogP contribution >= 0.6 is 0 Å². The van der Waals surface area contributed by atoms with E-state index in [0.717, 1.165) is 12.8 Å². The summed E-state index contributed by atoms with van der Waals surface area (Å²) in [6.07, 6.45) is 1.47. The Bertz CT molecular complexity index is 308. The van der Waals surface area contributed by atoms with Crippen LogP contribution in [0.2, 0.25) is 0 Å². The van der Waals surface area contributed by atoms with Crippen molar-refractivity contribution in [2.75, 3.05) is 13.2 Å². The van der Waals surface area contributed by atoms with Crippen LogP contribution in [0.15, 0.2) is 0 Å². The first-order chi connectivity index (χ1) is 7.44. The third kappa shape index (κ3) is 3.74. The summed E-state index contributed by atoms with van der Waals surface area (Å²) < 4.78 is 5.29. The van der Waals surface area contributed by atoms with E-state index in [0.29, 0.717) is 6.54 Å². The highest BCUT2D eigenvalue weighted by Crippen LogP contribution is 2.20. The number of rotatable bonds is 0. The van der Waals surface area contributed by atoms with Gasteiger partial charge in [-0.05, 0) is 33.6 Å². The number of carbonyl (C=O) groups is 1. The van der Waals surface area contributed by atoms with Crippen molar-refractivity contribution in [1.29, 1.82) is 0 Å². The largest absolute Gasteiger partial charge is 0.444 e. The molecule has 0 aromatic carbocycles. The molecule has 0 aromatic rings. The Balaban J connectivity index is 2.61. The van der Waals surface area contributed by atoms with Crippen LogP contribution in [-0.4, -0.2) is 40.9 Å². The normalized spacial score (nSPS) is 20.2. The molecule has 1 rings (SSSR count). The zero-order valence-electron chi connectivity index (χ0n) is 10.1. The SMILES string of the molecule is CC(C)(C)OC(=O)N1CCC[C@@H]1C#CCO. The van der Waals surface area contributed by atoms with E-state index in [9.17, 15) is 4.79 Å². The number of hydrogen-bond acceptors (Lipinski definition) is 3. The highest BCUT2D eigenvalue weighted by atomic mass is 16.6. The van der Waals surface area contributed by atoms with Gasteiger partial charge in [-0.2, -0.15) is 0 Å². The van der Waals surface area contributed by atoms with Crippen molar-refractivity contribution in [3.05, 3.63) is 0 Å². The molecular weight excluding hydrogens is 206 g/mol. The molecule has 90 valence electrons. The molecule has 16 heavy (non-hydrogen) atoms. The molecule has 1 saturated heterocycles. The van der Waals surface area contributed by atoms with Crippen LogP contribution in [0.5, 0.6) is 0 Å². The molecule has 0 aromatic heterocycles. The molecule has 4 heteroatoms. The molecule has 1 amide bonds. The Morgan fingerprint density at radius 3 is 2.81 bits per heavy atom. The Morgan fingerprint density at radius 1 is 1.56 bits per heavy atom. The molecule has 0 radical (unpaired) electrons. The summed E-state index contributed by atoms with van der Waals surface area (Å²) in [5, 5.41) is 8.63. The fourth-order valence-corrected chi connectivity index (χ4v) is 1.62. The van der Waals surface area contributed by atoms with Crippen molar-refractivity contribution in [3.63, 3.8) is 0 Å². The van der Waals surface area contributed by atoms with Crippen molar-refractivity contribution < 1.29 is 14.6 Å². The van der Waals surface area contributed by atoms with Gasteiger partial charge in [-0.1, -0.05) is 11.8 Å². The lowest BCUT2D eigenvalue weighted by Gasteiger charge is -2.26. The zero-order chi connectivity index (χ0) is 12.2. The first kappa shape index (κ1) is 12.9. The molecule has 0 saturated carbocycles. The van der Waals surface area contributed by atoms with Gasteiger partial charge < -0.3 is 9.84 Å². The Kier molecular flexibility index (Phi) is 4.19. The zero-order valence-corrected chi connectivity index (χ0v) is 10.1. The number of carbonyl (C=O) groups excluding carboxylic acids is 1. The standard InChI is InChI=1S/C12H19NO3/c1-12(2,3)16-11(15)13-8-4-6-10(13)7-5-9-14/h10,14H,4,6,8-9H2,1-3H3/t10-/m1/s1. The maximum Gasteiger partial charge on any atom is 0.411 e. The fraction of sp³-hybridized carbons (Fsp3) is 0.750. The molecule has 0 unspecified atom stereocenters. The lowest BCUT2D eigenvalue weighted by molar-refractivity contribution is 0.0261. The average Bonchev–Trinajstić information content (AvgIpc) is 2.59. The van der Waals surface area contributed by atoms with Gasteiger partial charge in [-0.15, -0.1) is 0 Å². The van der Waals surface area contributed by atoms with Gasteiger partial charge in [0.15, 0.2) is 0 Å². The molecule has 1 N–H and O–H groups in total. The summed E-state index contributed by atoms with van der Waals surface area (Å²) in [4.78, 5) is 13.4. The van der Waals surface area contributed by atoms with E-state index in [2.05, 4.69) is 11.8 Å². The summed E-state index contributed by atoms with van der Waals surface area (Å²) in [6.45, 7) is 6.04. The average molecular weight is 225 g/mol. The van der Waals surface area contributed by atoms with Crippen LogP contribution in [0.3, 0.4) is 0 Å². The highest BCUT2D eigenvalue weighted by molar-refractivity contribution is 5.69. The van der Waals surface area contributed by atoms with Crippen LogP contribution in [0.1, 0.15) is 33.6 Å². The van der Waals surface area contributed by atoms with Gasteiger partial charge >= 0.3 is 6.09 Å². The van der Waals surface area contributed by atoms with Crippen molar-refractivity contribution in [2.45, 2.75) is 45.3 Å². The molecule has 1 aliphatic rings. The summed E-state index contributed by atoms with van der Waals surface area (Å²) in [6, 6.07) is -0.109. The van der Waals surface area contributed by atoms with Gasteiger partial charge in [0.2, 0.25) is 0 Å². The predicted molar refractivity (Wildman–Crippen MR) is 60.8 cm³/mol. The molecule has 0 bridgehead atoms. The topological polar surface area (TPSA) is 49.8 Å².